The first kappa shape index (κ1) is 19.1. The largest absolute Gasteiger partial charge is 0.491 e. The van der Waals surface area contributed by atoms with E-state index in [0.29, 0.717) is 23.2 Å². The van der Waals surface area contributed by atoms with Crippen LogP contribution in [0.15, 0.2) is 65.7 Å². The number of hydrogen-bond acceptors (Lipinski definition) is 5. The van der Waals surface area contributed by atoms with Crippen LogP contribution in [0.4, 0.5) is 0 Å². The molecule has 6 heteroatoms. The van der Waals surface area contributed by atoms with E-state index in [1.807, 2.05) is 43.3 Å². The zero-order valence-electron chi connectivity index (χ0n) is 16.2. The van der Waals surface area contributed by atoms with Crippen molar-refractivity contribution in [3.05, 3.63) is 82.4 Å². The number of Topliss-reactive ketones (excluding diaryl/α,β-unsaturated/α-hetero) is 1. The van der Waals surface area contributed by atoms with E-state index in [1.165, 1.54) is 18.3 Å². The number of aryl methyl sites for hydroxylation is 1. The monoisotopic (exact) mass is 404 g/mol. The molecule has 2 aromatic heterocycles. The van der Waals surface area contributed by atoms with E-state index in [0.717, 1.165) is 20.8 Å². The molecule has 0 atom stereocenters. The number of aromatic nitrogens is 2. The molecule has 29 heavy (non-hydrogen) atoms. The Kier molecular flexibility index (Phi) is 5.27. The summed E-state index contributed by atoms with van der Waals surface area (Å²) in [5, 5.41) is 0.653. The molecule has 0 N–H and O–H groups in total. The predicted molar refractivity (Wildman–Crippen MR) is 116 cm³/mol. The van der Waals surface area contributed by atoms with Crippen LogP contribution in [-0.2, 0) is 6.54 Å². The number of ether oxygens (including phenoxy) is 1. The third-order valence-corrected chi connectivity index (χ3v) is 6.06. The van der Waals surface area contributed by atoms with Gasteiger partial charge in [-0.25, -0.2) is 4.98 Å². The summed E-state index contributed by atoms with van der Waals surface area (Å²) in [6.07, 6.45) is 1.57. The van der Waals surface area contributed by atoms with Crippen molar-refractivity contribution in [2.24, 2.45) is 0 Å². The van der Waals surface area contributed by atoms with Crippen molar-refractivity contribution in [2.45, 2.75) is 20.4 Å². The summed E-state index contributed by atoms with van der Waals surface area (Å²) in [6.45, 7) is 4.10. The first-order valence-corrected chi connectivity index (χ1v) is 10.1. The van der Waals surface area contributed by atoms with Crippen LogP contribution < -0.4 is 10.3 Å². The van der Waals surface area contributed by atoms with Crippen molar-refractivity contribution in [3.63, 3.8) is 0 Å². The number of carbonyl (C=O) groups excluding carboxylic acids is 1. The Morgan fingerprint density at radius 2 is 1.83 bits per heavy atom. The van der Waals surface area contributed by atoms with Gasteiger partial charge < -0.3 is 4.74 Å². The van der Waals surface area contributed by atoms with Gasteiger partial charge in [0.1, 0.15) is 17.2 Å². The minimum absolute atomic E-state index is 0.0526. The van der Waals surface area contributed by atoms with Crippen LogP contribution in [0.5, 0.6) is 5.75 Å². The Labute approximate surface area is 172 Å². The van der Waals surface area contributed by atoms with Crippen molar-refractivity contribution in [1.82, 2.24) is 9.55 Å². The van der Waals surface area contributed by atoms with Crippen molar-refractivity contribution < 1.29 is 9.53 Å². The molecule has 0 unspecified atom stereocenters. The molecule has 2 aromatic carbocycles. The van der Waals surface area contributed by atoms with Gasteiger partial charge in [-0.1, -0.05) is 42.5 Å². The summed E-state index contributed by atoms with van der Waals surface area (Å²) in [6, 6.07) is 17.1. The average Bonchev–Trinajstić information content (AvgIpc) is 3.08. The number of hydrogen-bond donors (Lipinski definition) is 0. The van der Waals surface area contributed by atoms with Gasteiger partial charge in [-0.3, -0.25) is 14.2 Å². The van der Waals surface area contributed by atoms with Gasteiger partial charge in [-0.2, -0.15) is 0 Å². The molecule has 0 aliphatic heterocycles. The summed E-state index contributed by atoms with van der Waals surface area (Å²) < 4.78 is 7.33. The molecule has 0 bridgehead atoms. The maximum atomic E-state index is 13.0. The first-order chi connectivity index (χ1) is 14.1. The minimum atomic E-state index is -0.0746. The number of para-hydroxylation sites is 1. The molecular weight excluding hydrogens is 384 g/mol. The summed E-state index contributed by atoms with van der Waals surface area (Å²) in [7, 11) is 0. The van der Waals surface area contributed by atoms with E-state index in [1.54, 1.807) is 29.1 Å². The molecule has 146 valence electrons. The standard InChI is InChI=1S/C23H20N2O3S/c1-15-20-22(29-21(15)17-8-4-3-5-9-17)24-14-25(23(20)27)12-13-28-19-11-7-6-10-18(19)16(2)26/h3-11,14H,12-13H2,1-2H3. The fourth-order valence-electron chi connectivity index (χ4n) is 3.32. The van der Waals surface area contributed by atoms with Crippen LogP contribution in [0, 0.1) is 6.92 Å². The predicted octanol–water partition coefficient (Wildman–Crippen LogP) is 4.72. The lowest BCUT2D eigenvalue weighted by molar-refractivity contribution is 0.101. The lowest BCUT2D eigenvalue weighted by Crippen LogP contribution is -2.23. The Morgan fingerprint density at radius 1 is 1.10 bits per heavy atom. The summed E-state index contributed by atoms with van der Waals surface area (Å²) in [4.78, 5) is 31.0. The lowest BCUT2D eigenvalue weighted by atomic mass is 10.1. The zero-order chi connectivity index (χ0) is 20.4. The van der Waals surface area contributed by atoms with Gasteiger partial charge >= 0.3 is 0 Å². The quantitative estimate of drug-likeness (QED) is 0.437. The molecule has 0 aliphatic rings. The molecule has 4 rings (SSSR count). The molecule has 0 radical (unpaired) electrons. The molecule has 0 aliphatic carbocycles. The first-order valence-electron chi connectivity index (χ1n) is 9.33. The van der Waals surface area contributed by atoms with Crippen molar-refractivity contribution >= 4 is 27.3 Å². The van der Waals surface area contributed by atoms with Crippen LogP contribution in [0.25, 0.3) is 20.7 Å². The maximum absolute atomic E-state index is 13.0. The fourth-order valence-corrected chi connectivity index (χ4v) is 4.47. The van der Waals surface area contributed by atoms with Crippen LogP contribution in [0.1, 0.15) is 22.8 Å². The average molecular weight is 404 g/mol. The van der Waals surface area contributed by atoms with Gasteiger partial charge in [0.05, 0.1) is 23.8 Å². The maximum Gasteiger partial charge on any atom is 0.262 e. The second-order valence-electron chi connectivity index (χ2n) is 6.75. The van der Waals surface area contributed by atoms with E-state index < -0.39 is 0 Å². The van der Waals surface area contributed by atoms with Crippen LogP contribution in [-0.4, -0.2) is 21.9 Å². The molecule has 0 saturated heterocycles. The topological polar surface area (TPSA) is 61.2 Å². The summed E-state index contributed by atoms with van der Waals surface area (Å²) >= 11 is 1.53. The van der Waals surface area contributed by atoms with Crippen molar-refractivity contribution in [2.75, 3.05) is 6.61 Å². The smallest absolute Gasteiger partial charge is 0.262 e. The summed E-state index contributed by atoms with van der Waals surface area (Å²) in [5.74, 6) is 0.475. The van der Waals surface area contributed by atoms with Gasteiger partial charge in [-0.05, 0) is 37.1 Å². The van der Waals surface area contributed by atoms with Crippen molar-refractivity contribution in [1.29, 1.82) is 0 Å². The molecule has 0 saturated carbocycles. The minimum Gasteiger partial charge on any atom is -0.491 e. The van der Waals surface area contributed by atoms with Crippen LogP contribution in [0.2, 0.25) is 0 Å². The number of ketones is 1. The molecule has 0 amide bonds. The van der Waals surface area contributed by atoms with E-state index >= 15 is 0 Å². The molecule has 4 aromatic rings. The second-order valence-corrected chi connectivity index (χ2v) is 7.75. The van der Waals surface area contributed by atoms with Crippen molar-refractivity contribution in [3.8, 4) is 16.2 Å². The molecule has 0 spiro atoms. The second kappa shape index (κ2) is 8.01. The summed E-state index contributed by atoms with van der Waals surface area (Å²) in [5.41, 5.74) is 2.50. The van der Waals surface area contributed by atoms with Gasteiger partial charge in [0.25, 0.3) is 5.56 Å². The lowest BCUT2D eigenvalue weighted by Gasteiger charge is -2.10. The van der Waals surface area contributed by atoms with E-state index in [2.05, 4.69) is 4.98 Å². The highest BCUT2D eigenvalue weighted by atomic mass is 32.1. The number of carbonyl (C=O) groups is 1. The molecule has 5 nitrogen and oxygen atoms in total. The third-order valence-electron chi connectivity index (χ3n) is 4.81. The number of thiophene rings is 1. The van der Waals surface area contributed by atoms with E-state index in [-0.39, 0.29) is 17.9 Å². The fraction of sp³-hybridized carbons (Fsp3) is 0.174. The zero-order valence-corrected chi connectivity index (χ0v) is 17.0. The molecule has 0 fully saturated rings. The third kappa shape index (κ3) is 3.71. The Bertz CT molecular complexity index is 1240. The van der Waals surface area contributed by atoms with Gasteiger partial charge in [0.15, 0.2) is 5.78 Å². The Balaban J connectivity index is 1.60. The van der Waals surface area contributed by atoms with Gasteiger partial charge in [-0.15, -0.1) is 11.3 Å². The Hall–Kier alpha value is -3.25. The highest BCUT2D eigenvalue weighted by Crippen LogP contribution is 2.35. The number of nitrogens with zero attached hydrogens (tertiary/aromatic N) is 2. The highest BCUT2D eigenvalue weighted by Gasteiger charge is 2.16. The Morgan fingerprint density at radius 3 is 2.59 bits per heavy atom. The number of fused-ring (bicyclic) bond motifs is 1. The normalized spacial score (nSPS) is 11.0. The number of rotatable bonds is 6. The number of benzene rings is 2. The van der Waals surface area contributed by atoms with E-state index in [4.69, 9.17) is 4.74 Å². The van der Waals surface area contributed by atoms with E-state index in [9.17, 15) is 9.59 Å². The highest BCUT2D eigenvalue weighted by molar-refractivity contribution is 7.22. The van der Waals surface area contributed by atoms with Gasteiger partial charge in [0.2, 0.25) is 0 Å². The van der Waals surface area contributed by atoms with Crippen LogP contribution in [0.3, 0.4) is 0 Å². The van der Waals surface area contributed by atoms with Crippen LogP contribution >= 0.6 is 11.3 Å². The molecule has 2 heterocycles. The molecular formula is C23H20N2O3S. The SMILES string of the molecule is CC(=O)c1ccccc1OCCn1cnc2sc(-c3ccccc3)c(C)c2c1=O. The van der Waals surface area contributed by atoms with Gasteiger partial charge in [0, 0.05) is 4.88 Å².